The standard InChI is InChI=1S/C25H30FN5O2/c26-19-3-5-20(6-4-19)30-13-8-24(32,9-14-30)16-27-17-25(33)10-15-31(18-25)22-7-12-28-21-2-1-11-29-23(21)22/h1-7,11-12,27,32-33H,8-10,13-18H2. The molecule has 5 rings (SSSR count). The summed E-state index contributed by atoms with van der Waals surface area (Å²) in [5, 5.41) is 25.5. The third-order valence-corrected chi connectivity index (χ3v) is 6.94. The molecule has 2 aliphatic rings. The Labute approximate surface area is 192 Å². The van der Waals surface area contributed by atoms with Crippen LogP contribution in [-0.2, 0) is 0 Å². The van der Waals surface area contributed by atoms with Crippen molar-refractivity contribution < 1.29 is 14.6 Å². The number of nitrogens with zero attached hydrogens (tertiary/aromatic N) is 4. The lowest BCUT2D eigenvalue weighted by Gasteiger charge is -2.40. The monoisotopic (exact) mass is 451 g/mol. The van der Waals surface area contributed by atoms with Crippen molar-refractivity contribution in [3.63, 3.8) is 0 Å². The lowest BCUT2D eigenvalue weighted by molar-refractivity contribution is 0.00642. The fourth-order valence-electron chi connectivity index (χ4n) is 4.96. The van der Waals surface area contributed by atoms with Gasteiger partial charge in [-0.15, -0.1) is 0 Å². The van der Waals surface area contributed by atoms with E-state index < -0.39 is 11.2 Å². The van der Waals surface area contributed by atoms with Gasteiger partial charge in [0.15, 0.2) is 0 Å². The van der Waals surface area contributed by atoms with Crippen molar-refractivity contribution in [1.29, 1.82) is 0 Å². The SMILES string of the molecule is OC1(CNCC2(O)CCN(c3ccnc4cccnc34)C2)CCN(c2ccc(F)cc2)CC1. The Hall–Kier alpha value is -2.81. The molecule has 174 valence electrons. The van der Waals surface area contributed by atoms with Crippen LogP contribution in [0.25, 0.3) is 11.0 Å². The van der Waals surface area contributed by atoms with E-state index in [1.807, 2.05) is 18.2 Å². The molecule has 0 aliphatic carbocycles. The summed E-state index contributed by atoms with van der Waals surface area (Å²) in [4.78, 5) is 13.2. The zero-order valence-corrected chi connectivity index (χ0v) is 18.6. The summed E-state index contributed by atoms with van der Waals surface area (Å²) in [6, 6.07) is 12.3. The van der Waals surface area contributed by atoms with E-state index in [4.69, 9.17) is 0 Å². The molecule has 4 heterocycles. The van der Waals surface area contributed by atoms with Crippen LogP contribution in [0.1, 0.15) is 19.3 Å². The van der Waals surface area contributed by atoms with E-state index in [0.29, 0.717) is 52.0 Å². The maximum absolute atomic E-state index is 13.2. The van der Waals surface area contributed by atoms with Gasteiger partial charge < -0.3 is 25.3 Å². The maximum Gasteiger partial charge on any atom is 0.123 e. The molecule has 2 aliphatic heterocycles. The van der Waals surface area contributed by atoms with Crippen LogP contribution in [0.2, 0.25) is 0 Å². The number of hydrogen-bond donors (Lipinski definition) is 3. The van der Waals surface area contributed by atoms with Gasteiger partial charge >= 0.3 is 0 Å². The number of hydrogen-bond acceptors (Lipinski definition) is 7. The summed E-state index contributed by atoms with van der Waals surface area (Å²) in [6.45, 7) is 3.53. The molecule has 2 aromatic heterocycles. The summed E-state index contributed by atoms with van der Waals surface area (Å²) in [6.07, 6.45) is 5.43. The van der Waals surface area contributed by atoms with Crippen LogP contribution < -0.4 is 15.1 Å². The molecular formula is C25H30FN5O2. The van der Waals surface area contributed by atoms with Crippen molar-refractivity contribution in [2.45, 2.75) is 30.5 Å². The largest absolute Gasteiger partial charge is 0.388 e. The fraction of sp³-hybridized carbons (Fsp3) is 0.440. The molecular weight excluding hydrogens is 421 g/mol. The number of nitrogens with one attached hydrogen (secondary N) is 1. The number of aliphatic hydroxyl groups is 2. The molecule has 1 atom stereocenters. The van der Waals surface area contributed by atoms with Gasteiger partial charge in [-0.3, -0.25) is 9.97 Å². The number of benzene rings is 1. The predicted molar refractivity (Wildman–Crippen MR) is 127 cm³/mol. The molecule has 8 heteroatoms. The smallest absolute Gasteiger partial charge is 0.123 e. The Balaban J connectivity index is 1.14. The highest BCUT2D eigenvalue weighted by atomic mass is 19.1. The van der Waals surface area contributed by atoms with Gasteiger partial charge in [0, 0.05) is 57.3 Å². The fourth-order valence-corrected chi connectivity index (χ4v) is 4.96. The van der Waals surface area contributed by atoms with Crippen molar-refractivity contribution in [3.05, 3.63) is 60.7 Å². The van der Waals surface area contributed by atoms with Crippen LogP contribution in [0.5, 0.6) is 0 Å². The number of fused-ring (bicyclic) bond motifs is 1. The number of aromatic nitrogens is 2. The Morgan fingerprint density at radius 2 is 1.55 bits per heavy atom. The quantitative estimate of drug-likeness (QED) is 0.531. The number of halogens is 1. The highest BCUT2D eigenvalue weighted by Gasteiger charge is 2.38. The first-order valence-corrected chi connectivity index (χ1v) is 11.5. The Kier molecular flexibility index (Phi) is 5.90. The lowest BCUT2D eigenvalue weighted by atomic mass is 9.90. The molecule has 2 fully saturated rings. The molecule has 0 radical (unpaired) electrons. The summed E-state index contributed by atoms with van der Waals surface area (Å²) >= 11 is 0. The molecule has 1 unspecified atom stereocenters. The van der Waals surface area contributed by atoms with Gasteiger partial charge in [-0.1, -0.05) is 0 Å². The van der Waals surface area contributed by atoms with Crippen LogP contribution in [-0.4, -0.2) is 70.7 Å². The third-order valence-electron chi connectivity index (χ3n) is 6.94. The van der Waals surface area contributed by atoms with Crippen molar-refractivity contribution in [3.8, 4) is 0 Å². The summed E-state index contributed by atoms with van der Waals surface area (Å²) in [5.41, 5.74) is 1.98. The highest BCUT2D eigenvalue weighted by molar-refractivity contribution is 5.87. The van der Waals surface area contributed by atoms with Crippen molar-refractivity contribution >= 4 is 22.4 Å². The average molecular weight is 452 g/mol. The van der Waals surface area contributed by atoms with E-state index >= 15 is 0 Å². The molecule has 0 saturated carbocycles. The van der Waals surface area contributed by atoms with Crippen LogP contribution in [0.15, 0.2) is 54.9 Å². The zero-order valence-electron chi connectivity index (χ0n) is 18.6. The van der Waals surface area contributed by atoms with E-state index in [2.05, 4.69) is 25.1 Å². The molecule has 3 aromatic rings. The van der Waals surface area contributed by atoms with Gasteiger partial charge in [0.1, 0.15) is 11.3 Å². The molecule has 0 spiro atoms. The minimum atomic E-state index is -0.866. The van der Waals surface area contributed by atoms with E-state index in [-0.39, 0.29) is 5.82 Å². The van der Waals surface area contributed by atoms with Gasteiger partial charge in [0.2, 0.25) is 0 Å². The Bertz CT molecular complexity index is 1100. The van der Waals surface area contributed by atoms with E-state index in [1.165, 1.54) is 12.1 Å². The van der Waals surface area contributed by atoms with E-state index in [9.17, 15) is 14.6 Å². The lowest BCUT2D eigenvalue weighted by Crippen LogP contribution is -2.53. The zero-order chi connectivity index (χ0) is 22.9. The normalized spacial score (nSPS) is 22.8. The summed E-state index contributed by atoms with van der Waals surface area (Å²) < 4.78 is 13.2. The number of pyridine rings is 2. The average Bonchev–Trinajstić information content (AvgIpc) is 3.21. The van der Waals surface area contributed by atoms with Crippen LogP contribution in [0.3, 0.4) is 0 Å². The van der Waals surface area contributed by atoms with Crippen molar-refractivity contribution in [2.24, 2.45) is 0 Å². The first-order chi connectivity index (χ1) is 15.9. The minimum Gasteiger partial charge on any atom is -0.388 e. The molecule has 0 amide bonds. The van der Waals surface area contributed by atoms with Gasteiger partial charge in [0.05, 0.1) is 22.4 Å². The van der Waals surface area contributed by atoms with Gasteiger partial charge in [-0.25, -0.2) is 4.39 Å². The Morgan fingerprint density at radius 1 is 0.848 bits per heavy atom. The minimum absolute atomic E-state index is 0.242. The topological polar surface area (TPSA) is 84.8 Å². The van der Waals surface area contributed by atoms with Crippen molar-refractivity contribution in [1.82, 2.24) is 15.3 Å². The molecule has 33 heavy (non-hydrogen) atoms. The summed E-state index contributed by atoms with van der Waals surface area (Å²) in [5.74, 6) is -0.242. The molecule has 2 saturated heterocycles. The first kappa shape index (κ1) is 22.0. The molecule has 0 bridgehead atoms. The molecule has 1 aromatic carbocycles. The maximum atomic E-state index is 13.2. The first-order valence-electron chi connectivity index (χ1n) is 11.5. The van der Waals surface area contributed by atoms with E-state index in [0.717, 1.165) is 29.0 Å². The highest BCUT2D eigenvalue weighted by Crippen LogP contribution is 2.31. The second kappa shape index (κ2) is 8.85. The Morgan fingerprint density at radius 3 is 2.33 bits per heavy atom. The van der Waals surface area contributed by atoms with Gasteiger partial charge in [-0.05, 0) is 61.7 Å². The van der Waals surface area contributed by atoms with Gasteiger partial charge in [-0.2, -0.15) is 0 Å². The second-order valence-corrected chi connectivity index (χ2v) is 9.39. The molecule has 3 N–H and O–H groups in total. The summed E-state index contributed by atoms with van der Waals surface area (Å²) in [7, 11) is 0. The second-order valence-electron chi connectivity index (χ2n) is 9.39. The van der Waals surface area contributed by atoms with E-state index in [1.54, 1.807) is 24.5 Å². The van der Waals surface area contributed by atoms with Crippen molar-refractivity contribution in [2.75, 3.05) is 49.1 Å². The molecule has 7 nitrogen and oxygen atoms in total. The van der Waals surface area contributed by atoms with Crippen LogP contribution in [0, 0.1) is 5.82 Å². The predicted octanol–water partition coefficient (Wildman–Crippen LogP) is 2.33. The third kappa shape index (κ3) is 4.78. The number of piperidine rings is 1. The van der Waals surface area contributed by atoms with Crippen LogP contribution in [0.4, 0.5) is 15.8 Å². The number of anilines is 2. The number of β-amino-alcohol motifs (C(OH)–C–C–N with tert-alkyl or cyclic N) is 1. The van der Waals surface area contributed by atoms with Crippen LogP contribution >= 0.6 is 0 Å². The number of rotatable bonds is 6. The van der Waals surface area contributed by atoms with Gasteiger partial charge in [0.25, 0.3) is 0 Å².